The molecule has 0 bridgehead atoms. The molecule has 0 aromatic heterocycles. The Morgan fingerprint density at radius 2 is 1.46 bits per heavy atom. The zero-order chi connectivity index (χ0) is 20.0. The van der Waals surface area contributed by atoms with Crippen molar-refractivity contribution in [2.45, 2.75) is 57.7 Å². The lowest BCUT2D eigenvalue weighted by molar-refractivity contribution is -0.298. The summed E-state index contributed by atoms with van der Waals surface area (Å²) in [6.45, 7) is 6.46. The molecule has 1 aliphatic rings. The Bertz CT molecular complexity index is 755. The van der Waals surface area contributed by atoms with Crippen molar-refractivity contribution < 1.29 is 32.3 Å². The molecule has 1 fully saturated rings. The van der Waals surface area contributed by atoms with Gasteiger partial charge in [-0.05, 0) is 27.7 Å². The van der Waals surface area contributed by atoms with Gasteiger partial charge in [0.2, 0.25) is 0 Å². The Balaban J connectivity index is 2.36. The molecular weight excluding hydrogens is 356 g/mol. The number of ether oxygens (including phenoxy) is 1. The van der Waals surface area contributed by atoms with Crippen LogP contribution in [0.3, 0.4) is 0 Å². The molecule has 2 rings (SSSR count). The quantitative estimate of drug-likeness (QED) is 0.451. The second kappa shape index (κ2) is 6.52. The van der Waals surface area contributed by atoms with Crippen molar-refractivity contribution in [3.8, 4) is 6.07 Å². The van der Waals surface area contributed by atoms with Gasteiger partial charge in [-0.15, -0.1) is 10.3 Å². The lowest BCUT2D eigenvalue weighted by Crippen LogP contribution is -2.60. The highest BCUT2D eigenvalue weighted by atomic mass is 19.2. The summed E-state index contributed by atoms with van der Waals surface area (Å²) in [7, 11) is 0. The number of carbonyl (C=O) groups is 1. The van der Waals surface area contributed by atoms with E-state index < -0.39 is 57.5 Å². The van der Waals surface area contributed by atoms with E-state index in [9.17, 15) is 27.6 Å². The first-order valence-corrected chi connectivity index (χ1v) is 7.78. The van der Waals surface area contributed by atoms with Crippen molar-refractivity contribution in [3.05, 3.63) is 34.4 Å². The number of nitriles is 1. The molecule has 1 saturated heterocycles. The summed E-state index contributed by atoms with van der Waals surface area (Å²) in [6.07, 6.45) is -0.759. The lowest BCUT2D eigenvalue weighted by Gasteiger charge is -2.49. The molecule has 1 heterocycles. The molecule has 26 heavy (non-hydrogen) atoms. The summed E-state index contributed by atoms with van der Waals surface area (Å²) in [5, 5.41) is 21.7. The van der Waals surface area contributed by atoms with Crippen LogP contribution in [0.4, 0.5) is 17.6 Å². The highest BCUT2D eigenvalue weighted by Crippen LogP contribution is 2.38. The molecule has 0 aliphatic carbocycles. The predicted molar refractivity (Wildman–Crippen MR) is 80.1 cm³/mol. The third kappa shape index (κ3) is 3.27. The van der Waals surface area contributed by atoms with Gasteiger partial charge in [-0.2, -0.15) is 5.26 Å². The van der Waals surface area contributed by atoms with Crippen molar-refractivity contribution in [1.82, 2.24) is 5.06 Å². The van der Waals surface area contributed by atoms with Crippen molar-refractivity contribution in [3.63, 3.8) is 0 Å². The summed E-state index contributed by atoms with van der Waals surface area (Å²) in [4.78, 5) is 12.2. The Morgan fingerprint density at radius 3 is 1.85 bits per heavy atom. The number of esters is 1. The minimum atomic E-state index is -2.00. The standard InChI is InChI=1S/C17H17F4N2O3/c1-16(2)5-8(6-17(3,4)23(16)25)26-15(24)10-13(20)11(18)9(7-22)12(19)14(10)21/h8H,5-6H2,1-4H3. The fraction of sp³-hybridized carbons (Fsp3) is 0.529. The number of carbonyl (C=O) groups excluding carboxylic acids is 1. The van der Waals surface area contributed by atoms with Gasteiger partial charge in [-0.1, -0.05) is 0 Å². The lowest BCUT2D eigenvalue weighted by atomic mass is 9.80. The molecule has 141 valence electrons. The van der Waals surface area contributed by atoms with Crippen LogP contribution in [-0.4, -0.2) is 28.2 Å². The molecule has 0 amide bonds. The van der Waals surface area contributed by atoms with Crippen molar-refractivity contribution >= 4 is 5.97 Å². The van der Waals surface area contributed by atoms with E-state index in [1.807, 2.05) is 0 Å². The third-order valence-electron chi connectivity index (χ3n) is 4.41. The van der Waals surface area contributed by atoms with Crippen LogP contribution in [0.2, 0.25) is 0 Å². The zero-order valence-corrected chi connectivity index (χ0v) is 14.6. The molecule has 0 spiro atoms. The summed E-state index contributed by atoms with van der Waals surface area (Å²) in [6, 6.07) is 0.997. The van der Waals surface area contributed by atoms with Crippen molar-refractivity contribution in [1.29, 1.82) is 5.26 Å². The number of benzene rings is 1. The first kappa shape index (κ1) is 20.1. The number of rotatable bonds is 2. The minimum Gasteiger partial charge on any atom is -0.458 e. The maximum absolute atomic E-state index is 14.0. The Kier molecular flexibility index (Phi) is 5.05. The predicted octanol–water partition coefficient (Wildman–Crippen LogP) is 3.64. The summed E-state index contributed by atoms with van der Waals surface area (Å²) in [5.41, 5.74) is -4.85. The van der Waals surface area contributed by atoms with E-state index in [2.05, 4.69) is 0 Å². The van der Waals surface area contributed by atoms with Crippen LogP contribution in [0.15, 0.2) is 0 Å². The largest absolute Gasteiger partial charge is 0.458 e. The first-order chi connectivity index (χ1) is 11.8. The number of hydrogen-bond donors (Lipinski definition) is 0. The van der Waals surface area contributed by atoms with E-state index in [0.717, 1.165) is 11.1 Å². The van der Waals surface area contributed by atoms with Gasteiger partial charge in [0.1, 0.15) is 23.3 Å². The molecule has 0 N–H and O–H groups in total. The molecule has 9 heteroatoms. The molecule has 1 aliphatic heterocycles. The number of hydrogen-bond acceptors (Lipinski definition) is 4. The SMILES string of the molecule is CC1(C)CC(OC(=O)c2c(F)c(F)c(C#N)c(F)c2F)CC(C)(C)N1[O]. The molecule has 1 radical (unpaired) electrons. The maximum atomic E-state index is 14.0. The molecule has 0 unspecified atom stereocenters. The van der Waals surface area contributed by atoms with Crippen LogP contribution in [0.1, 0.15) is 56.5 Å². The van der Waals surface area contributed by atoms with Gasteiger partial charge < -0.3 is 4.74 Å². The van der Waals surface area contributed by atoms with Crippen LogP contribution >= 0.6 is 0 Å². The van der Waals surface area contributed by atoms with E-state index >= 15 is 0 Å². The molecule has 5 nitrogen and oxygen atoms in total. The highest BCUT2D eigenvalue weighted by molar-refractivity contribution is 5.90. The number of hydroxylamine groups is 2. The van der Waals surface area contributed by atoms with Gasteiger partial charge in [0.05, 0.1) is 0 Å². The van der Waals surface area contributed by atoms with Gasteiger partial charge in [0, 0.05) is 23.9 Å². The van der Waals surface area contributed by atoms with Crippen LogP contribution in [0.5, 0.6) is 0 Å². The first-order valence-electron chi connectivity index (χ1n) is 7.78. The average molecular weight is 373 g/mol. The number of halogens is 4. The topological polar surface area (TPSA) is 73.2 Å². The van der Waals surface area contributed by atoms with Crippen LogP contribution in [-0.2, 0) is 9.94 Å². The van der Waals surface area contributed by atoms with Crippen LogP contribution in [0.25, 0.3) is 0 Å². The van der Waals surface area contributed by atoms with Gasteiger partial charge >= 0.3 is 5.97 Å². The second-order valence-corrected chi connectivity index (χ2v) is 7.47. The summed E-state index contributed by atoms with van der Waals surface area (Å²) in [5.74, 6) is -9.52. The number of nitrogens with zero attached hydrogens (tertiary/aromatic N) is 2. The smallest absolute Gasteiger partial charge is 0.344 e. The Morgan fingerprint density at radius 1 is 1.04 bits per heavy atom. The van der Waals surface area contributed by atoms with E-state index in [1.165, 1.54) is 0 Å². The second-order valence-electron chi connectivity index (χ2n) is 7.47. The molecular formula is C17H17F4N2O3. The summed E-state index contributed by atoms with van der Waals surface area (Å²) < 4.78 is 60.3. The zero-order valence-electron chi connectivity index (χ0n) is 14.6. The maximum Gasteiger partial charge on any atom is 0.344 e. The fourth-order valence-corrected chi connectivity index (χ4v) is 3.37. The van der Waals surface area contributed by atoms with E-state index in [0.29, 0.717) is 0 Å². The van der Waals surface area contributed by atoms with Gasteiger partial charge in [-0.3, -0.25) is 0 Å². The Labute approximate surface area is 147 Å². The Hall–Kier alpha value is -2.18. The minimum absolute atomic E-state index is 0.0656. The van der Waals surface area contributed by atoms with Gasteiger partial charge in [0.15, 0.2) is 23.3 Å². The molecule has 0 atom stereocenters. The van der Waals surface area contributed by atoms with E-state index in [4.69, 9.17) is 10.00 Å². The molecule has 1 aromatic rings. The third-order valence-corrected chi connectivity index (χ3v) is 4.41. The van der Waals surface area contributed by atoms with E-state index in [-0.39, 0.29) is 12.8 Å². The monoisotopic (exact) mass is 373 g/mol. The van der Waals surface area contributed by atoms with Crippen LogP contribution in [0, 0.1) is 34.6 Å². The van der Waals surface area contributed by atoms with Gasteiger partial charge in [0.25, 0.3) is 0 Å². The summed E-state index contributed by atoms with van der Waals surface area (Å²) >= 11 is 0. The average Bonchev–Trinajstić information content (AvgIpc) is 2.51. The van der Waals surface area contributed by atoms with Gasteiger partial charge in [-0.25, -0.2) is 22.4 Å². The van der Waals surface area contributed by atoms with Crippen molar-refractivity contribution in [2.75, 3.05) is 0 Å². The van der Waals surface area contributed by atoms with Crippen molar-refractivity contribution in [2.24, 2.45) is 0 Å². The highest BCUT2D eigenvalue weighted by Gasteiger charge is 2.47. The molecule has 1 aromatic carbocycles. The van der Waals surface area contributed by atoms with Crippen LogP contribution < -0.4 is 0 Å². The fourth-order valence-electron chi connectivity index (χ4n) is 3.37. The molecule has 0 saturated carbocycles. The normalized spacial score (nSPS) is 19.8. The van der Waals surface area contributed by atoms with E-state index in [1.54, 1.807) is 27.7 Å². The number of piperidine rings is 1.